The number of amides is 1. The Morgan fingerprint density at radius 2 is 1.82 bits per heavy atom. The quantitative estimate of drug-likeness (QED) is 0.307. The van der Waals surface area contributed by atoms with Crippen LogP contribution >= 0.6 is 23.2 Å². The van der Waals surface area contributed by atoms with E-state index in [9.17, 15) is 4.79 Å². The molecule has 0 aliphatic heterocycles. The average molecular weight is 423 g/mol. The number of anilines is 1. The summed E-state index contributed by atoms with van der Waals surface area (Å²) >= 11 is 12.0. The molecule has 0 saturated carbocycles. The number of hydrogen-bond acceptors (Lipinski definition) is 5. The van der Waals surface area contributed by atoms with Gasteiger partial charge < -0.3 is 21.0 Å². The minimum atomic E-state index is -0.469. The highest BCUT2D eigenvalue weighted by molar-refractivity contribution is 6.39. The smallest absolute Gasteiger partial charge is 0.253 e. The van der Waals surface area contributed by atoms with Crippen LogP contribution < -0.4 is 16.2 Å². The number of ether oxygens (including phenoxy) is 1. The van der Waals surface area contributed by atoms with E-state index in [4.69, 9.17) is 44.2 Å². The van der Waals surface area contributed by atoms with Gasteiger partial charge in [-0.2, -0.15) is 0 Å². The molecule has 0 saturated heterocycles. The summed E-state index contributed by atoms with van der Waals surface area (Å²) in [6.45, 7) is 0. The van der Waals surface area contributed by atoms with Crippen molar-refractivity contribution in [2.45, 2.75) is 12.8 Å². The first-order chi connectivity index (χ1) is 13.3. The lowest BCUT2D eigenvalue weighted by Crippen LogP contribution is -2.19. The van der Waals surface area contributed by atoms with E-state index in [2.05, 4.69) is 10.1 Å². The van der Waals surface area contributed by atoms with Crippen LogP contribution in [0, 0.1) is 0 Å². The molecular weight excluding hydrogens is 403 g/mol. The molecule has 0 aromatic heterocycles. The van der Waals surface area contributed by atoms with Gasteiger partial charge in [0, 0.05) is 12.0 Å². The van der Waals surface area contributed by atoms with Gasteiger partial charge in [0.1, 0.15) is 18.7 Å². The van der Waals surface area contributed by atoms with E-state index in [-0.39, 0.29) is 24.4 Å². The third-order valence-electron chi connectivity index (χ3n) is 3.72. The Labute approximate surface area is 172 Å². The summed E-state index contributed by atoms with van der Waals surface area (Å²) in [6.07, 6.45) is 0.104. The summed E-state index contributed by atoms with van der Waals surface area (Å²) in [6, 6.07) is 10.4. The van der Waals surface area contributed by atoms with E-state index >= 15 is 0 Å². The summed E-state index contributed by atoms with van der Waals surface area (Å²) in [7, 11) is 2.95. The van der Waals surface area contributed by atoms with E-state index in [0.717, 1.165) is 0 Å². The van der Waals surface area contributed by atoms with Crippen molar-refractivity contribution in [2.24, 2.45) is 15.9 Å². The molecule has 0 unspecified atom stereocenters. The van der Waals surface area contributed by atoms with E-state index in [1.54, 1.807) is 43.5 Å². The Morgan fingerprint density at radius 1 is 1.14 bits per heavy atom. The van der Waals surface area contributed by atoms with Crippen LogP contribution in [0.25, 0.3) is 0 Å². The zero-order valence-corrected chi connectivity index (χ0v) is 16.9. The summed E-state index contributed by atoms with van der Waals surface area (Å²) in [5, 5.41) is 4.54. The number of methoxy groups -OCH3 is 1. The van der Waals surface area contributed by atoms with Gasteiger partial charge in [-0.1, -0.05) is 40.5 Å². The van der Waals surface area contributed by atoms with Gasteiger partial charge in [0.05, 0.1) is 35.0 Å². The molecule has 9 heteroatoms. The number of hydrogen-bond donors (Lipinski definition) is 2. The third kappa shape index (κ3) is 5.87. The van der Waals surface area contributed by atoms with E-state index in [0.29, 0.717) is 32.6 Å². The molecule has 4 N–H and O–H groups in total. The maximum atomic E-state index is 12.3. The molecule has 0 fully saturated rings. The number of amidine groups is 1. The number of nitrogens with zero attached hydrogens (tertiary/aromatic N) is 2. The minimum absolute atomic E-state index is 0.0923. The molecule has 1 amide bonds. The molecule has 148 valence electrons. The van der Waals surface area contributed by atoms with Gasteiger partial charge in [-0.15, -0.1) is 0 Å². The van der Waals surface area contributed by atoms with Crippen LogP contribution in [0.1, 0.15) is 17.5 Å². The van der Waals surface area contributed by atoms with Gasteiger partial charge in [0.2, 0.25) is 0 Å². The number of nitrogens with two attached hydrogens (primary N) is 2. The fourth-order valence-electron chi connectivity index (χ4n) is 2.43. The number of carbonyl (C=O) groups excluding carboxylic acids is 1. The van der Waals surface area contributed by atoms with Gasteiger partial charge in [0.25, 0.3) is 5.91 Å². The highest BCUT2D eigenvalue weighted by atomic mass is 35.5. The monoisotopic (exact) mass is 422 g/mol. The average Bonchev–Trinajstić information content (AvgIpc) is 2.65. The first-order valence-corrected chi connectivity index (χ1v) is 8.93. The lowest BCUT2D eigenvalue weighted by Gasteiger charge is -2.07. The van der Waals surface area contributed by atoms with Crippen molar-refractivity contribution in [2.75, 3.05) is 20.0 Å². The van der Waals surface area contributed by atoms with Crippen molar-refractivity contribution < 1.29 is 14.4 Å². The Bertz CT molecular complexity index is 906. The van der Waals surface area contributed by atoms with Gasteiger partial charge in [0.15, 0.2) is 0 Å². The third-order valence-corrected chi connectivity index (χ3v) is 4.34. The van der Waals surface area contributed by atoms with Gasteiger partial charge in [-0.3, -0.25) is 4.79 Å². The first kappa shape index (κ1) is 21.5. The fourth-order valence-corrected chi connectivity index (χ4v) is 2.96. The van der Waals surface area contributed by atoms with Crippen molar-refractivity contribution in [1.29, 1.82) is 0 Å². The second-order valence-electron chi connectivity index (χ2n) is 5.78. The number of aliphatic imine (C=N–C) groups is 1. The SMILES string of the molecule is CON=C(CC(=O)/N=C(\N)Cc1cc(Cl)c(N)c(Cl)c1)c1cccc(OC)c1. The van der Waals surface area contributed by atoms with Gasteiger partial charge >= 0.3 is 0 Å². The number of nitrogen functional groups attached to an aromatic ring is 1. The molecule has 2 aromatic carbocycles. The molecule has 0 aliphatic rings. The van der Waals surface area contributed by atoms with E-state index in [1.807, 2.05) is 0 Å². The molecule has 28 heavy (non-hydrogen) atoms. The molecule has 0 aliphatic carbocycles. The Hall–Kier alpha value is -2.77. The predicted molar refractivity (Wildman–Crippen MR) is 112 cm³/mol. The van der Waals surface area contributed by atoms with E-state index < -0.39 is 5.91 Å². The summed E-state index contributed by atoms with van der Waals surface area (Å²) in [4.78, 5) is 21.1. The van der Waals surface area contributed by atoms with Gasteiger partial charge in [-0.05, 0) is 29.8 Å². The minimum Gasteiger partial charge on any atom is -0.497 e. The van der Waals surface area contributed by atoms with Crippen LogP contribution in [-0.4, -0.2) is 31.7 Å². The van der Waals surface area contributed by atoms with Crippen molar-refractivity contribution in [1.82, 2.24) is 0 Å². The molecule has 0 bridgehead atoms. The van der Waals surface area contributed by atoms with Crippen molar-refractivity contribution in [3.05, 3.63) is 57.6 Å². The highest BCUT2D eigenvalue weighted by Crippen LogP contribution is 2.29. The molecule has 2 rings (SSSR count). The Kier molecular flexibility index (Phi) is 7.66. The highest BCUT2D eigenvalue weighted by Gasteiger charge is 2.13. The first-order valence-electron chi connectivity index (χ1n) is 8.17. The molecule has 2 aromatic rings. The van der Waals surface area contributed by atoms with Crippen LogP contribution in [0.3, 0.4) is 0 Å². The molecule has 0 heterocycles. The van der Waals surface area contributed by atoms with Crippen molar-refractivity contribution in [3.63, 3.8) is 0 Å². The Balaban J connectivity index is 2.14. The molecule has 7 nitrogen and oxygen atoms in total. The summed E-state index contributed by atoms with van der Waals surface area (Å²) in [5.74, 6) is 0.280. The fraction of sp³-hybridized carbons (Fsp3) is 0.211. The number of rotatable bonds is 7. The molecule has 0 spiro atoms. The largest absolute Gasteiger partial charge is 0.497 e. The lowest BCUT2D eigenvalue weighted by atomic mass is 10.1. The number of carbonyl (C=O) groups is 1. The van der Waals surface area contributed by atoms with Gasteiger partial charge in [-0.25, -0.2) is 4.99 Å². The zero-order valence-electron chi connectivity index (χ0n) is 15.4. The summed E-state index contributed by atoms with van der Waals surface area (Å²) < 4.78 is 5.19. The zero-order chi connectivity index (χ0) is 20.7. The van der Waals surface area contributed by atoms with E-state index in [1.165, 1.54) is 7.11 Å². The topological polar surface area (TPSA) is 112 Å². The number of halogens is 2. The normalized spacial score (nSPS) is 12.0. The van der Waals surface area contributed by atoms with Crippen LogP contribution in [0.4, 0.5) is 5.69 Å². The summed E-state index contributed by atoms with van der Waals surface area (Å²) in [5.41, 5.74) is 13.7. The van der Waals surface area contributed by atoms with Crippen LogP contribution in [0.15, 0.2) is 46.5 Å². The molecular formula is C19H20Cl2N4O3. The van der Waals surface area contributed by atoms with Crippen LogP contribution in [0.5, 0.6) is 5.75 Å². The van der Waals surface area contributed by atoms with Crippen molar-refractivity contribution >= 4 is 46.3 Å². The standard InChI is InChI=1S/C19H20Cl2N4O3/c1-27-13-5-3-4-12(9-13)16(25-28-2)10-18(26)24-17(22)8-11-6-14(20)19(23)15(21)7-11/h3-7,9H,8,10,23H2,1-2H3,(H2,22,24,26). The number of oxime groups is 1. The molecule has 0 atom stereocenters. The van der Waals surface area contributed by atoms with Crippen LogP contribution in [0.2, 0.25) is 10.0 Å². The second-order valence-corrected chi connectivity index (χ2v) is 6.59. The van der Waals surface area contributed by atoms with Crippen molar-refractivity contribution in [3.8, 4) is 5.75 Å². The number of benzene rings is 2. The predicted octanol–water partition coefficient (Wildman–Crippen LogP) is 3.45. The lowest BCUT2D eigenvalue weighted by molar-refractivity contribution is -0.116. The van der Waals surface area contributed by atoms with Crippen LogP contribution in [-0.2, 0) is 16.1 Å². The Morgan fingerprint density at radius 3 is 2.43 bits per heavy atom. The molecule has 0 radical (unpaired) electrons. The second kappa shape index (κ2) is 9.96. The maximum Gasteiger partial charge on any atom is 0.253 e. The maximum absolute atomic E-state index is 12.3.